The van der Waals surface area contributed by atoms with Gasteiger partial charge in [0.1, 0.15) is 11.4 Å². The Bertz CT molecular complexity index is 1730. The lowest BCUT2D eigenvalue weighted by Crippen LogP contribution is -2.52. The summed E-state index contributed by atoms with van der Waals surface area (Å²) in [5.41, 5.74) is 9.34. The van der Waals surface area contributed by atoms with Gasteiger partial charge in [0.05, 0.1) is 6.61 Å². The highest BCUT2D eigenvalue weighted by molar-refractivity contribution is 6.01. The fourth-order valence-electron chi connectivity index (χ4n) is 5.69. The van der Waals surface area contributed by atoms with Crippen LogP contribution in [0.5, 0.6) is 5.75 Å². The minimum absolute atomic E-state index is 0.0385. The van der Waals surface area contributed by atoms with Gasteiger partial charge in [-0.15, -0.1) is 0 Å². The van der Waals surface area contributed by atoms with E-state index in [-0.39, 0.29) is 25.3 Å². The fourth-order valence-corrected chi connectivity index (χ4v) is 5.69. The topological polar surface area (TPSA) is 118 Å². The zero-order valence-corrected chi connectivity index (χ0v) is 28.6. The molecule has 0 aliphatic carbocycles. The molecule has 0 saturated carbocycles. The van der Waals surface area contributed by atoms with Gasteiger partial charge in [0, 0.05) is 31.6 Å². The standard InChI is InChI=1S/C40H45N3O6/c1-28-10-8-11-29(26-28)27-41-43-38(46)40(23-22-35(45)49-39(2,3)4)36(32-16-14-31(15-17-32)30-12-6-5-7-13-30)48-37(42-40)33-18-20-34(21-19-33)47-25-9-24-44/h5-8,10-21,26,36,41,44H,9,22-25,27H2,1-4H3,(H,43,46)/t36-,40-/m0/s1. The van der Waals surface area contributed by atoms with Gasteiger partial charge in [-0.2, -0.15) is 0 Å². The molecule has 2 atom stereocenters. The first kappa shape index (κ1) is 35.3. The Morgan fingerprint density at radius 3 is 2.27 bits per heavy atom. The summed E-state index contributed by atoms with van der Waals surface area (Å²) in [4.78, 5) is 32.5. The molecule has 0 spiro atoms. The maximum Gasteiger partial charge on any atom is 0.306 e. The summed E-state index contributed by atoms with van der Waals surface area (Å²) in [5.74, 6) is 0.0496. The number of amides is 1. The smallest absolute Gasteiger partial charge is 0.306 e. The summed E-state index contributed by atoms with van der Waals surface area (Å²) in [5, 5.41) is 9.10. The number of nitrogens with one attached hydrogen (secondary N) is 2. The average molecular weight is 664 g/mol. The molecule has 0 fully saturated rings. The number of carbonyl (C=O) groups is 2. The molecule has 256 valence electrons. The molecule has 49 heavy (non-hydrogen) atoms. The molecule has 0 unspecified atom stereocenters. The molecule has 1 aliphatic rings. The van der Waals surface area contributed by atoms with Crippen LogP contribution in [0.15, 0.2) is 108 Å². The third kappa shape index (κ3) is 9.34. The van der Waals surface area contributed by atoms with Crippen LogP contribution in [0.4, 0.5) is 0 Å². The van der Waals surface area contributed by atoms with E-state index in [1.54, 1.807) is 12.1 Å². The second kappa shape index (κ2) is 15.9. The van der Waals surface area contributed by atoms with Crippen LogP contribution in [-0.4, -0.2) is 47.2 Å². The number of aryl methyl sites for hydroxylation is 1. The first-order valence-corrected chi connectivity index (χ1v) is 16.6. The molecule has 9 nitrogen and oxygen atoms in total. The highest BCUT2D eigenvalue weighted by atomic mass is 16.6. The third-order valence-corrected chi connectivity index (χ3v) is 8.06. The Labute approximate surface area is 288 Å². The van der Waals surface area contributed by atoms with Gasteiger partial charge in [0.25, 0.3) is 5.91 Å². The molecule has 5 rings (SSSR count). The Morgan fingerprint density at radius 2 is 1.59 bits per heavy atom. The monoisotopic (exact) mass is 663 g/mol. The SMILES string of the molecule is Cc1cccc(CNNC(=O)[C@@]2(CCC(=O)OC(C)(C)C)N=C(c3ccc(OCCCO)cc3)O[C@H]2c2ccc(-c3ccccc3)cc2)c1. The maximum absolute atomic E-state index is 14.4. The summed E-state index contributed by atoms with van der Waals surface area (Å²) in [7, 11) is 0. The van der Waals surface area contributed by atoms with E-state index in [4.69, 9.17) is 24.3 Å². The number of aliphatic hydroxyl groups is 1. The zero-order valence-electron chi connectivity index (χ0n) is 28.6. The Kier molecular flexibility index (Phi) is 11.5. The van der Waals surface area contributed by atoms with E-state index >= 15 is 0 Å². The zero-order chi connectivity index (χ0) is 34.9. The van der Waals surface area contributed by atoms with E-state index in [2.05, 4.69) is 10.9 Å². The van der Waals surface area contributed by atoms with E-state index < -0.39 is 29.1 Å². The molecule has 1 aliphatic heterocycles. The van der Waals surface area contributed by atoms with Crippen LogP contribution in [0.2, 0.25) is 0 Å². The van der Waals surface area contributed by atoms with Gasteiger partial charge >= 0.3 is 5.97 Å². The van der Waals surface area contributed by atoms with Crippen molar-refractivity contribution in [2.45, 2.75) is 70.7 Å². The van der Waals surface area contributed by atoms with E-state index in [1.807, 2.05) is 119 Å². The van der Waals surface area contributed by atoms with Gasteiger partial charge in [-0.25, -0.2) is 10.4 Å². The lowest BCUT2D eigenvalue weighted by atomic mass is 9.83. The summed E-state index contributed by atoms with van der Waals surface area (Å²) < 4.78 is 18.0. The number of hydrazine groups is 1. The van der Waals surface area contributed by atoms with Crippen LogP contribution in [0, 0.1) is 6.92 Å². The van der Waals surface area contributed by atoms with Crippen LogP contribution in [0.3, 0.4) is 0 Å². The van der Waals surface area contributed by atoms with Crippen LogP contribution in [0.1, 0.15) is 68.4 Å². The molecular weight excluding hydrogens is 618 g/mol. The maximum atomic E-state index is 14.4. The second-order valence-corrected chi connectivity index (χ2v) is 13.2. The molecule has 0 saturated heterocycles. The Hall–Kier alpha value is -4.99. The largest absolute Gasteiger partial charge is 0.494 e. The number of rotatable bonds is 14. The quantitative estimate of drug-likeness (QED) is 0.0788. The van der Waals surface area contributed by atoms with Crippen molar-refractivity contribution in [2.75, 3.05) is 13.2 Å². The minimum atomic E-state index is -1.52. The normalized spacial score (nSPS) is 17.2. The van der Waals surface area contributed by atoms with Crippen LogP contribution in [0.25, 0.3) is 11.1 Å². The Morgan fingerprint density at radius 1 is 0.898 bits per heavy atom. The van der Waals surface area contributed by atoms with Gasteiger partial charge in [-0.1, -0.05) is 84.4 Å². The summed E-state index contributed by atoms with van der Waals surface area (Å²) in [6.45, 7) is 8.27. The molecule has 1 amide bonds. The van der Waals surface area contributed by atoms with Crippen LogP contribution >= 0.6 is 0 Å². The lowest BCUT2D eigenvalue weighted by Gasteiger charge is -2.31. The fraction of sp³-hybridized carbons (Fsp3) is 0.325. The predicted octanol–water partition coefficient (Wildman–Crippen LogP) is 6.62. The van der Waals surface area contributed by atoms with Crippen LogP contribution in [-0.2, 0) is 25.6 Å². The number of aliphatic imine (C=N–C) groups is 1. The molecule has 4 aromatic carbocycles. The number of carbonyl (C=O) groups excluding carboxylic acids is 2. The van der Waals surface area contributed by atoms with Crippen molar-refractivity contribution in [3.05, 3.63) is 125 Å². The molecule has 0 bridgehead atoms. The first-order chi connectivity index (χ1) is 23.6. The van der Waals surface area contributed by atoms with E-state index in [1.165, 1.54) is 0 Å². The number of ether oxygens (including phenoxy) is 3. The molecular formula is C40H45N3O6. The number of hydrogen-bond acceptors (Lipinski definition) is 8. The molecule has 9 heteroatoms. The van der Waals surface area contributed by atoms with Gasteiger partial charge in [0.15, 0.2) is 11.6 Å². The van der Waals surface area contributed by atoms with Crippen molar-refractivity contribution in [2.24, 2.45) is 4.99 Å². The van der Waals surface area contributed by atoms with Crippen molar-refractivity contribution in [1.82, 2.24) is 10.9 Å². The predicted molar refractivity (Wildman–Crippen MR) is 190 cm³/mol. The number of aliphatic hydroxyl groups excluding tert-OH is 1. The van der Waals surface area contributed by atoms with Crippen molar-refractivity contribution in [3.8, 4) is 16.9 Å². The van der Waals surface area contributed by atoms with E-state index in [0.29, 0.717) is 30.9 Å². The summed E-state index contributed by atoms with van der Waals surface area (Å²) in [6, 6.07) is 33.2. The first-order valence-electron chi connectivity index (χ1n) is 16.6. The molecule has 4 aromatic rings. The number of esters is 1. The van der Waals surface area contributed by atoms with E-state index in [0.717, 1.165) is 27.8 Å². The van der Waals surface area contributed by atoms with Gasteiger partial charge < -0.3 is 19.3 Å². The number of benzene rings is 4. The number of nitrogens with zero attached hydrogens (tertiary/aromatic N) is 1. The van der Waals surface area contributed by atoms with Crippen LogP contribution < -0.4 is 15.6 Å². The summed E-state index contributed by atoms with van der Waals surface area (Å²) in [6.07, 6.45) is -0.346. The summed E-state index contributed by atoms with van der Waals surface area (Å²) >= 11 is 0. The third-order valence-electron chi connectivity index (χ3n) is 8.06. The van der Waals surface area contributed by atoms with Crippen molar-refractivity contribution < 1.29 is 28.9 Å². The van der Waals surface area contributed by atoms with Gasteiger partial charge in [-0.3, -0.25) is 15.0 Å². The highest BCUT2D eigenvalue weighted by Gasteiger charge is 2.53. The van der Waals surface area contributed by atoms with Crippen molar-refractivity contribution >= 4 is 17.8 Å². The molecule has 0 aromatic heterocycles. The minimum Gasteiger partial charge on any atom is -0.494 e. The van der Waals surface area contributed by atoms with E-state index in [9.17, 15) is 9.59 Å². The lowest BCUT2D eigenvalue weighted by molar-refractivity contribution is -0.155. The molecule has 3 N–H and O–H groups in total. The molecule has 0 radical (unpaired) electrons. The van der Waals surface area contributed by atoms with Gasteiger partial charge in [-0.05, 0) is 80.6 Å². The van der Waals surface area contributed by atoms with Gasteiger partial charge in [0.2, 0.25) is 5.90 Å². The highest BCUT2D eigenvalue weighted by Crippen LogP contribution is 2.44. The number of hydrogen-bond donors (Lipinski definition) is 3. The van der Waals surface area contributed by atoms with Crippen molar-refractivity contribution in [1.29, 1.82) is 0 Å². The molecule has 1 heterocycles. The second-order valence-electron chi connectivity index (χ2n) is 13.2. The average Bonchev–Trinajstić information content (AvgIpc) is 3.48. The van der Waals surface area contributed by atoms with Crippen molar-refractivity contribution in [3.63, 3.8) is 0 Å². The Balaban J connectivity index is 1.50.